The molecule has 0 saturated carbocycles. The van der Waals surface area contributed by atoms with Crippen LogP contribution in [0.25, 0.3) is 15.9 Å². The highest BCUT2D eigenvalue weighted by atomic mass is 32.2. The molecule has 0 aliphatic heterocycles. The Hall–Kier alpha value is -3.10. The van der Waals surface area contributed by atoms with Gasteiger partial charge in [0.15, 0.2) is 5.16 Å². The second kappa shape index (κ2) is 10.7. The van der Waals surface area contributed by atoms with Gasteiger partial charge in [0.1, 0.15) is 10.4 Å². The van der Waals surface area contributed by atoms with Gasteiger partial charge in [-0.05, 0) is 61.0 Å². The lowest BCUT2D eigenvalue weighted by Gasteiger charge is -2.15. The number of benzene rings is 2. The Labute approximate surface area is 200 Å². The van der Waals surface area contributed by atoms with E-state index < -0.39 is 0 Å². The Morgan fingerprint density at radius 3 is 2.64 bits per heavy atom. The Morgan fingerprint density at radius 1 is 1.15 bits per heavy atom. The third kappa shape index (κ3) is 5.64. The molecule has 0 radical (unpaired) electrons. The first-order valence-electron chi connectivity index (χ1n) is 10.7. The molecule has 4 aromatic rings. The summed E-state index contributed by atoms with van der Waals surface area (Å²) in [7, 11) is 1.60. The molecule has 1 amide bonds. The highest BCUT2D eigenvalue weighted by Crippen LogP contribution is 2.24. The maximum absolute atomic E-state index is 13.2. The van der Waals surface area contributed by atoms with Gasteiger partial charge in [-0.1, -0.05) is 42.1 Å². The third-order valence-electron chi connectivity index (χ3n) is 5.23. The molecule has 0 unspecified atom stereocenters. The molecule has 33 heavy (non-hydrogen) atoms. The van der Waals surface area contributed by atoms with Crippen molar-refractivity contribution >= 4 is 39.2 Å². The van der Waals surface area contributed by atoms with E-state index in [1.165, 1.54) is 28.7 Å². The molecule has 0 fully saturated rings. The van der Waals surface area contributed by atoms with Gasteiger partial charge in [-0.3, -0.25) is 14.2 Å². The summed E-state index contributed by atoms with van der Waals surface area (Å²) in [6.45, 7) is 2.01. The predicted molar refractivity (Wildman–Crippen MR) is 135 cm³/mol. The minimum atomic E-state index is -0.140. The predicted octanol–water partition coefficient (Wildman–Crippen LogP) is 4.69. The van der Waals surface area contributed by atoms with Crippen molar-refractivity contribution in [3.8, 4) is 11.4 Å². The largest absolute Gasteiger partial charge is 0.497 e. The number of nitrogens with one attached hydrogen (secondary N) is 1. The van der Waals surface area contributed by atoms with Crippen molar-refractivity contribution in [2.75, 3.05) is 12.9 Å². The van der Waals surface area contributed by atoms with E-state index in [4.69, 9.17) is 4.74 Å². The van der Waals surface area contributed by atoms with Crippen LogP contribution in [0.2, 0.25) is 0 Å². The average Bonchev–Trinajstić information content (AvgIpc) is 3.31. The Morgan fingerprint density at radius 2 is 1.91 bits per heavy atom. The molecule has 1 N–H and O–H groups in total. The van der Waals surface area contributed by atoms with Gasteiger partial charge in [0.25, 0.3) is 5.56 Å². The number of methoxy groups -OCH3 is 1. The van der Waals surface area contributed by atoms with Crippen molar-refractivity contribution in [2.24, 2.45) is 0 Å². The van der Waals surface area contributed by atoms with Gasteiger partial charge in [0.2, 0.25) is 5.91 Å². The molecular formula is C25H25N3O3S2. The normalized spacial score (nSPS) is 11.9. The number of aromatic nitrogens is 2. The van der Waals surface area contributed by atoms with Crippen LogP contribution < -0.4 is 15.6 Å². The molecule has 2 heterocycles. The number of carbonyl (C=O) groups excluding carboxylic acids is 1. The minimum Gasteiger partial charge on any atom is -0.497 e. The summed E-state index contributed by atoms with van der Waals surface area (Å²) in [6.07, 6.45) is 1.76. The van der Waals surface area contributed by atoms with Crippen molar-refractivity contribution < 1.29 is 9.53 Å². The topological polar surface area (TPSA) is 73.2 Å². The monoisotopic (exact) mass is 479 g/mol. The van der Waals surface area contributed by atoms with Gasteiger partial charge >= 0.3 is 0 Å². The van der Waals surface area contributed by atoms with Crippen LogP contribution in [-0.2, 0) is 11.2 Å². The first-order valence-corrected chi connectivity index (χ1v) is 12.5. The van der Waals surface area contributed by atoms with Crippen molar-refractivity contribution in [2.45, 2.75) is 31.0 Å². The molecule has 1 atom stereocenters. The van der Waals surface area contributed by atoms with E-state index in [9.17, 15) is 9.59 Å². The first-order chi connectivity index (χ1) is 16.0. The van der Waals surface area contributed by atoms with Gasteiger partial charge in [0.05, 0.1) is 24.1 Å². The SMILES string of the molecule is COc1ccc(-n2c(SCC(=O)N[C@@H](C)CCc3ccccc3)nc3ccsc3c2=O)cc1. The molecule has 0 aliphatic carbocycles. The molecule has 4 rings (SSSR count). The van der Waals surface area contributed by atoms with Crippen LogP contribution in [0.15, 0.2) is 76.0 Å². The van der Waals surface area contributed by atoms with Gasteiger partial charge in [-0.15, -0.1) is 11.3 Å². The summed E-state index contributed by atoms with van der Waals surface area (Å²) in [4.78, 5) is 30.5. The van der Waals surface area contributed by atoms with E-state index in [-0.39, 0.29) is 23.3 Å². The maximum Gasteiger partial charge on any atom is 0.276 e. The van der Waals surface area contributed by atoms with Gasteiger partial charge in [-0.2, -0.15) is 0 Å². The van der Waals surface area contributed by atoms with Crippen LogP contribution in [0.4, 0.5) is 0 Å². The molecule has 0 bridgehead atoms. The number of nitrogens with zero attached hydrogens (tertiary/aromatic N) is 2. The smallest absolute Gasteiger partial charge is 0.276 e. The number of thioether (sulfide) groups is 1. The molecule has 6 nitrogen and oxygen atoms in total. The minimum absolute atomic E-state index is 0.0504. The Bertz CT molecular complexity index is 1280. The summed E-state index contributed by atoms with van der Waals surface area (Å²) in [5.74, 6) is 0.796. The molecule has 2 aromatic heterocycles. The lowest BCUT2D eigenvalue weighted by Crippen LogP contribution is -2.34. The summed E-state index contributed by atoms with van der Waals surface area (Å²) in [6, 6.07) is 19.3. The van der Waals surface area contributed by atoms with E-state index in [1.54, 1.807) is 23.8 Å². The molecule has 170 valence electrons. The summed E-state index contributed by atoms with van der Waals surface area (Å²) in [5, 5.41) is 5.40. The van der Waals surface area contributed by atoms with E-state index in [0.717, 1.165) is 12.8 Å². The zero-order valence-electron chi connectivity index (χ0n) is 18.5. The van der Waals surface area contributed by atoms with Gasteiger partial charge in [0, 0.05) is 6.04 Å². The molecule has 8 heteroatoms. The van der Waals surface area contributed by atoms with Crippen LogP contribution in [0, 0.1) is 0 Å². The average molecular weight is 480 g/mol. The number of ether oxygens (including phenoxy) is 1. The number of thiophene rings is 1. The first kappa shape index (κ1) is 23.1. The van der Waals surface area contributed by atoms with E-state index >= 15 is 0 Å². The summed E-state index contributed by atoms with van der Waals surface area (Å²) < 4.78 is 7.38. The van der Waals surface area contributed by atoms with Crippen LogP contribution in [0.3, 0.4) is 0 Å². The molecular weight excluding hydrogens is 454 g/mol. The highest BCUT2D eigenvalue weighted by molar-refractivity contribution is 7.99. The number of hydrogen-bond donors (Lipinski definition) is 1. The zero-order chi connectivity index (χ0) is 23.2. The van der Waals surface area contributed by atoms with Crippen LogP contribution in [0.5, 0.6) is 5.75 Å². The van der Waals surface area contributed by atoms with E-state index in [2.05, 4.69) is 22.4 Å². The maximum atomic E-state index is 13.2. The van der Waals surface area contributed by atoms with Crippen LogP contribution >= 0.6 is 23.1 Å². The fourth-order valence-corrected chi connectivity index (χ4v) is 5.08. The van der Waals surface area contributed by atoms with E-state index in [0.29, 0.717) is 26.8 Å². The van der Waals surface area contributed by atoms with E-state index in [1.807, 2.05) is 48.7 Å². The number of aryl methyl sites for hydroxylation is 1. The van der Waals surface area contributed by atoms with Crippen LogP contribution in [0.1, 0.15) is 18.9 Å². The zero-order valence-corrected chi connectivity index (χ0v) is 20.1. The number of rotatable bonds is 9. The quantitative estimate of drug-likeness (QED) is 0.279. The fraction of sp³-hybridized carbons (Fsp3) is 0.240. The van der Waals surface area contributed by atoms with Gasteiger partial charge in [-0.25, -0.2) is 4.98 Å². The number of fused-ring (bicyclic) bond motifs is 1. The van der Waals surface area contributed by atoms with Crippen LogP contribution in [-0.4, -0.2) is 34.4 Å². The highest BCUT2D eigenvalue weighted by Gasteiger charge is 2.16. The Kier molecular flexibility index (Phi) is 7.47. The molecule has 0 aliphatic rings. The van der Waals surface area contributed by atoms with Crippen molar-refractivity contribution in [1.82, 2.24) is 14.9 Å². The molecule has 0 saturated heterocycles. The van der Waals surface area contributed by atoms with Crippen molar-refractivity contribution in [1.29, 1.82) is 0 Å². The summed E-state index contributed by atoms with van der Waals surface area (Å²) >= 11 is 2.63. The molecule has 2 aromatic carbocycles. The fourth-order valence-electron chi connectivity index (χ4n) is 3.49. The number of hydrogen-bond acceptors (Lipinski definition) is 6. The third-order valence-corrected chi connectivity index (χ3v) is 7.06. The second-order valence-corrected chi connectivity index (χ2v) is 9.51. The lowest BCUT2D eigenvalue weighted by molar-refractivity contribution is -0.119. The lowest BCUT2D eigenvalue weighted by atomic mass is 10.1. The number of carbonyl (C=O) groups is 1. The van der Waals surface area contributed by atoms with Gasteiger partial charge < -0.3 is 10.1 Å². The molecule has 0 spiro atoms. The standard InChI is InChI=1S/C25H25N3O3S2/c1-17(8-9-18-6-4-3-5-7-18)26-22(29)16-33-25-27-21-14-15-32-23(21)24(30)28(25)19-10-12-20(31-2)13-11-19/h3-7,10-15,17H,8-9,16H2,1-2H3,(H,26,29)/t17-/m0/s1. The van der Waals surface area contributed by atoms with Crippen molar-refractivity contribution in [3.05, 3.63) is 82.0 Å². The van der Waals surface area contributed by atoms with Crippen molar-refractivity contribution in [3.63, 3.8) is 0 Å². The Balaban J connectivity index is 1.47. The second-order valence-electron chi connectivity index (χ2n) is 7.65. The number of amides is 1. The summed E-state index contributed by atoms with van der Waals surface area (Å²) in [5.41, 5.74) is 2.45.